The van der Waals surface area contributed by atoms with Gasteiger partial charge in [-0.25, -0.2) is 0 Å². The maximum Gasteiger partial charge on any atom is 0.233 e. The number of hydrogen-bond acceptors (Lipinski definition) is 7. The van der Waals surface area contributed by atoms with Gasteiger partial charge in [-0.3, -0.25) is 19.5 Å². The Bertz CT molecular complexity index is 1290. The van der Waals surface area contributed by atoms with Crippen LogP contribution < -0.4 is 4.74 Å². The van der Waals surface area contributed by atoms with Crippen molar-refractivity contribution in [3.05, 3.63) is 62.5 Å². The molecule has 0 spiro atoms. The number of fused-ring (bicyclic) bond motifs is 3. The van der Waals surface area contributed by atoms with E-state index < -0.39 is 11.8 Å². The summed E-state index contributed by atoms with van der Waals surface area (Å²) in [5.74, 6) is -0.814. The standard InChI is InChI=1S/C28H29IN2O6/c1-31-27(34)18-12-17(13-32)24-19(25(18)28(31)35)14-37-22(24)7-6-16(21-5-3-4-8-30-21)9-15-10-20(29)26(33)23(11-15)36-2/h3-5,8-11,18-19,22,25,32-33H,6-7,12-14H2,1-2H3/b16-9-/t18-,19+,22-,25-/m1/s1. The van der Waals surface area contributed by atoms with E-state index in [0.717, 1.165) is 28.0 Å². The molecule has 0 saturated carbocycles. The molecule has 194 valence electrons. The van der Waals surface area contributed by atoms with Crippen LogP contribution in [0.25, 0.3) is 11.6 Å². The van der Waals surface area contributed by atoms with E-state index in [1.165, 1.54) is 19.1 Å². The third kappa shape index (κ3) is 4.68. The minimum absolute atomic E-state index is 0.106. The number of halogens is 1. The van der Waals surface area contributed by atoms with Gasteiger partial charge in [0.15, 0.2) is 11.5 Å². The molecule has 9 heteroatoms. The molecule has 3 heterocycles. The molecule has 5 rings (SSSR count). The molecule has 37 heavy (non-hydrogen) atoms. The third-order valence-electron chi connectivity index (χ3n) is 7.70. The summed E-state index contributed by atoms with van der Waals surface area (Å²) in [6.07, 6.45) is 5.21. The van der Waals surface area contributed by atoms with Crippen LogP contribution in [0.5, 0.6) is 11.5 Å². The SMILES string of the molecule is COc1cc(/C=C(/CC[C@H]2OC[C@H]3C2=C(CO)C[C@H]2C(=O)N(C)C(=O)[C@H]23)c2ccccn2)cc(I)c1O. The molecule has 2 aromatic rings. The third-order valence-corrected chi connectivity index (χ3v) is 8.52. The summed E-state index contributed by atoms with van der Waals surface area (Å²) in [7, 11) is 3.06. The number of phenolic OH excluding ortho intramolecular Hbond substituents is 1. The van der Waals surface area contributed by atoms with Crippen molar-refractivity contribution < 1.29 is 29.3 Å². The zero-order chi connectivity index (χ0) is 26.3. The Hall–Kier alpha value is -2.76. The van der Waals surface area contributed by atoms with Crippen LogP contribution in [0.4, 0.5) is 0 Å². The van der Waals surface area contributed by atoms with Crippen molar-refractivity contribution in [1.29, 1.82) is 0 Å². The quantitative estimate of drug-likeness (QED) is 0.278. The maximum atomic E-state index is 12.9. The number of carbonyl (C=O) groups is 2. The Labute approximate surface area is 229 Å². The number of methoxy groups -OCH3 is 1. The molecular formula is C28H29IN2O6. The number of hydrogen-bond donors (Lipinski definition) is 2. The number of carbonyl (C=O) groups excluding carboxylic acids is 2. The van der Waals surface area contributed by atoms with Gasteiger partial charge in [-0.05, 0) is 94.5 Å². The van der Waals surface area contributed by atoms with Crippen LogP contribution in [0.15, 0.2) is 47.7 Å². The van der Waals surface area contributed by atoms with Gasteiger partial charge in [0.05, 0.1) is 47.5 Å². The Kier molecular flexibility index (Phi) is 7.37. The van der Waals surface area contributed by atoms with Gasteiger partial charge in [0.25, 0.3) is 0 Å². The Balaban J connectivity index is 1.44. The molecule has 2 fully saturated rings. The molecule has 0 unspecified atom stereocenters. The maximum absolute atomic E-state index is 12.9. The minimum Gasteiger partial charge on any atom is -0.504 e. The molecule has 2 amide bonds. The summed E-state index contributed by atoms with van der Waals surface area (Å²) < 4.78 is 12.2. The number of pyridine rings is 1. The van der Waals surface area contributed by atoms with Gasteiger partial charge in [-0.1, -0.05) is 6.07 Å². The summed E-state index contributed by atoms with van der Waals surface area (Å²) >= 11 is 2.08. The number of rotatable bonds is 7. The summed E-state index contributed by atoms with van der Waals surface area (Å²) in [5, 5.41) is 20.4. The first kappa shape index (κ1) is 25.9. The largest absolute Gasteiger partial charge is 0.504 e. The van der Waals surface area contributed by atoms with Gasteiger partial charge in [-0.15, -0.1) is 0 Å². The van der Waals surface area contributed by atoms with E-state index in [2.05, 4.69) is 27.6 Å². The predicted molar refractivity (Wildman–Crippen MR) is 145 cm³/mol. The monoisotopic (exact) mass is 616 g/mol. The normalized spacial score (nSPS) is 25.5. The molecule has 8 nitrogen and oxygen atoms in total. The number of aliphatic hydroxyl groups is 1. The van der Waals surface area contributed by atoms with Crippen LogP contribution in [0, 0.1) is 21.3 Å². The summed E-state index contributed by atoms with van der Waals surface area (Å²) in [5.41, 5.74) is 4.51. The van der Waals surface area contributed by atoms with Gasteiger partial charge < -0.3 is 19.7 Å². The first-order chi connectivity index (χ1) is 17.8. The van der Waals surface area contributed by atoms with E-state index in [4.69, 9.17) is 9.47 Å². The number of nitrogens with zero attached hydrogens (tertiary/aromatic N) is 2. The second-order valence-corrected chi connectivity index (χ2v) is 10.9. The average Bonchev–Trinajstić information content (AvgIpc) is 3.43. The predicted octanol–water partition coefficient (Wildman–Crippen LogP) is 3.66. The fourth-order valence-corrected chi connectivity index (χ4v) is 6.55. The van der Waals surface area contributed by atoms with Gasteiger partial charge in [0.2, 0.25) is 11.8 Å². The number of allylic oxidation sites excluding steroid dienone is 1. The molecule has 3 aliphatic rings. The zero-order valence-corrected chi connectivity index (χ0v) is 22.8. The molecule has 4 atom stereocenters. The molecule has 2 aliphatic heterocycles. The summed E-state index contributed by atoms with van der Waals surface area (Å²) in [4.78, 5) is 31.3. The van der Waals surface area contributed by atoms with Crippen LogP contribution in [0.1, 0.15) is 30.5 Å². The topological polar surface area (TPSA) is 109 Å². The Morgan fingerprint density at radius 3 is 2.78 bits per heavy atom. The van der Waals surface area contributed by atoms with Gasteiger partial charge >= 0.3 is 0 Å². The fourth-order valence-electron chi connectivity index (χ4n) is 5.92. The van der Waals surface area contributed by atoms with Gasteiger partial charge in [0.1, 0.15) is 0 Å². The lowest BCUT2D eigenvalue weighted by atomic mass is 9.69. The van der Waals surface area contributed by atoms with Crippen molar-refractivity contribution in [2.45, 2.75) is 25.4 Å². The molecule has 1 aromatic carbocycles. The minimum atomic E-state index is -0.412. The van der Waals surface area contributed by atoms with Crippen LogP contribution in [0.2, 0.25) is 0 Å². The van der Waals surface area contributed by atoms with E-state index in [0.29, 0.717) is 35.2 Å². The Morgan fingerprint density at radius 2 is 2.08 bits per heavy atom. The number of likely N-dealkylation sites (tertiary alicyclic amines) is 1. The van der Waals surface area contributed by atoms with Crippen LogP contribution >= 0.6 is 22.6 Å². The van der Waals surface area contributed by atoms with Crippen LogP contribution in [-0.2, 0) is 14.3 Å². The van der Waals surface area contributed by atoms with E-state index in [1.807, 2.05) is 30.3 Å². The molecule has 2 saturated heterocycles. The van der Waals surface area contributed by atoms with E-state index in [1.54, 1.807) is 12.3 Å². The highest BCUT2D eigenvalue weighted by Gasteiger charge is 2.55. The van der Waals surface area contributed by atoms with Crippen molar-refractivity contribution in [2.24, 2.45) is 17.8 Å². The van der Waals surface area contributed by atoms with E-state index in [-0.39, 0.29) is 36.2 Å². The summed E-state index contributed by atoms with van der Waals surface area (Å²) in [6.45, 7) is 0.224. The molecule has 2 N–H and O–H groups in total. The van der Waals surface area contributed by atoms with Crippen molar-refractivity contribution in [1.82, 2.24) is 9.88 Å². The molecule has 1 aromatic heterocycles. The van der Waals surface area contributed by atoms with Crippen molar-refractivity contribution in [3.8, 4) is 11.5 Å². The van der Waals surface area contributed by atoms with Crippen molar-refractivity contribution in [2.75, 3.05) is 27.4 Å². The lowest BCUT2D eigenvalue weighted by Gasteiger charge is -2.31. The highest BCUT2D eigenvalue weighted by atomic mass is 127. The lowest BCUT2D eigenvalue weighted by molar-refractivity contribution is -0.138. The van der Waals surface area contributed by atoms with E-state index in [9.17, 15) is 19.8 Å². The van der Waals surface area contributed by atoms with Crippen LogP contribution in [-0.4, -0.2) is 65.4 Å². The number of phenols is 1. The highest BCUT2D eigenvalue weighted by molar-refractivity contribution is 14.1. The molecule has 0 bridgehead atoms. The van der Waals surface area contributed by atoms with Gasteiger partial charge in [-0.2, -0.15) is 0 Å². The molecule has 0 radical (unpaired) electrons. The number of ether oxygens (including phenoxy) is 2. The van der Waals surface area contributed by atoms with Crippen molar-refractivity contribution >= 4 is 46.1 Å². The number of aromatic nitrogens is 1. The first-order valence-electron chi connectivity index (χ1n) is 12.3. The Morgan fingerprint density at radius 1 is 1.27 bits per heavy atom. The second-order valence-electron chi connectivity index (χ2n) is 9.69. The number of aromatic hydroxyl groups is 1. The van der Waals surface area contributed by atoms with Crippen LogP contribution in [0.3, 0.4) is 0 Å². The first-order valence-corrected chi connectivity index (χ1v) is 13.4. The number of amides is 2. The second kappa shape index (κ2) is 10.5. The molecular weight excluding hydrogens is 587 g/mol. The zero-order valence-electron chi connectivity index (χ0n) is 20.7. The van der Waals surface area contributed by atoms with E-state index >= 15 is 0 Å². The fraction of sp³-hybridized carbons (Fsp3) is 0.393. The highest BCUT2D eigenvalue weighted by Crippen LogP contribution is 2.49. The number of imide groups is 1. The van der Waals surface area contributed by atoms with Gasteiger partial charge in [0, 0.05) is 19.2 Å². The smallest absolute Gasteiger partial charge is 0.233 e. The number of benzene rings is 1. The summed E-state index contributed by atoms with van der Waals surface area (Å²) in [6, 6.07) is 9.43. The average molecular weight is 616 g/mol. The van der Waals surface area contributed by atoms with Crippen molar-refractivity contribution in [3.63, 3.8) is 0 Å². The molecule has 1 aliphatic carbocycles. The lowest BCUT2D eigenvalue weighted by Crippen LogP contribution is -2.34. The number of aliphatic hydroxyl groups excluding tert-OH is 1.